The Morgan fingerprint density at radius 3 is 2.25 bits per heavy atom. The van der Waals surface area contributed by atoms with Crippen LogP contribution in [0.4, 0.5) is 0 Å². The van der Waals surface area contributed by atoms with Gasteiger partial charge in [-0.3, -0.25) is 0 Å². The molecule has 3 aromatic rings. The molecule has 0 amide bonds. The van der Waals surface area contributed by atoms with E-state index >= 15 is 0 Å². The van der Waals surface area contributed by atoms with Crippen LogP contribution in [0.3, 0.4) is 0 Å². The van der Waals surface area contributed by atoms with Gasteiger partial charge in [0.25, 0.3) is 0 Å². The first-order chi connectivity index (χ1) is 9.79. The molecule has 0 atom stereocenters. The second kappa shape index (κ2) is 5.33. The molecule has 1 heterocycles. The molecule has 0 spiro atoms. The summed E-state index contributed by atoms with van der Waals surface area (Å²) in [5, 5.41) is 4.28. The fourth-order valence-electron chi connectivity index (χ4n) is 2.38. The Labute approximate surface area is 119 Å². The molecule has 0 aliphatic heterocycles. The molecule has 3 rings (SSSR count). The van der Waals surface area contributed by atoms with Gasteiger partial charge in [0.05, 0.1) is 5.56 Å². The fraction of sp³-hybridized carbons (Fsp3) is 0.167. The Balaban J connectivity index is 2.18. The van der Waals surface area contributed by atoms with E-state index in [1.165, 1.54) is 5.56 Å². The van der Waals surface area contributed by atoms with Gasteiger partial charge in [-0.1, -0.05) is 72.2 Å². The molecule has 0 aliphatic rings. The zero-order valence-corrected chi connectivity index (χ0v) is 11.8. The van der Waals surface area contributed by atoms with E-state index in [1.807, 2.05) is 18.2 Å². The van der Waals surface area contributed by atoms with E-state index < -0.39 is 0 Å². The van der Waals surface area contributed by atoms with E-state index in [4.69, 9.17) is 4.52 Å². The third kappa shape index (κ3) is 2.25. The number of aromatic nitrogens is 1. The lowest BCUT2D eigenvalue weighted by Gasteiger charge is -2.04. The molecule has 0 bridgehead atoms. The van der Waals surface area contributed by atoms with Gasteiger partial charge in [0.1, 0.15) is 11.5 Å². The van der Waals surface area contributed by atoms with Gasteiger partial charge in [0.2, 0.25) is 0 Å². The van der Waals surface area contributed by atoms with Crippen LogP contribution in [0.15, 0.2) is 59.1 Å². The van der Waals surface area contributed by atoms with Gasteiger partial charge in [-0.15, -0.1) is 0 Å². The standard InChI is InChI=1S/C18H17NO/c1-3-16-17(14-11-9-13(2)10-12-14)18(19-20-16)15-7-5-4-6-8-15/h4-12H,3H2,1-2H3. The van der Waals surface area contributed by atoms with Crippen molar-refractivity contribution in [1.82, 2.24) is 5.16 Å². The monoisotopic (exact) mass is 263 g/mol. The largest absolute Gasteiger partial charge is 0.360 e. The van der Waals surface area contributed by atoms with Crippen LogP contribution in [-0.4, -0.2) is 5.16 Å². The zero-order chi connectivity index (χ0) is 13.9. The number of rotatable bonds is 3. The third-order valence-electron chi connectivity index (χ3n) is 3.47. The Hall–Kier alpha value is -2.35. The lowest BCUT2D eigenvalue weighted by molar-refractivity contribution is 0.389. The molecule has 20 heavy (non-hydrogen) atoms. The van der Waals surface area contributed by atoms with Crippen molar-refractivity contribution in [2.75, 3.05) is 0 Å². The molecule has 0 saturated carbocycles. The average molecular weight is 263 g/mol. The number of nitrogens with zero attached hydrogens (tertiary/aromatic N) is 1. The van der Waals surface area contributed by atoms with Crippen molar-refractivity contribution in [2.45, 2.75) is 20.3 Å². The average Bonchev–Trinajstić information content (AvgIpc) is 2.93. The Morgan fingerprint density at radius 1 is 0.900 bits per heavy atom. The van der Waals surface area contributed by atoms with Crippen LogP contribution in [0.2, 0.25) is 0 Å². The second-order valence-electron chi connectivity index (χ2n) is 4.91. The van der Waals surface area contributed by atoms with Crippen molar-refractivity contribution in [3.63, 3.8) is 0 Å². The lowest BCUT2D eigenvalue weighted by Crippen LogP contribution is -1.86. The molecule has 100 valence electrons. The summed E-state index contributed by atoms with van der Waals surface area (Å²) in [6.07, 6.45) is 0.836. The normalized spacial score (nSPS) is 10.7. The predicted octanol–water partition coefficient (Wildman–Crippen LogP) is 4.88. The molecule has 0 fully saturated rings. The number of benzene rings is 2. The van der Waals surface area contributed by atoms with E-state index in [1.54, 1.807) is 0 Å². The fourth-order valence-corrected chi connectivity index (χ4v) is 2.38. The molecular weight excluding hydrogens is 246 g/mol. The molecule has 0 N–H and O–H groups in total. The van der Waals surface area contributed by atoms with Crippen LogP contribution in [0.1, 0.15) is 18.2 Å². The highest BCUT2D eigenvalue weighted by atomic mass is 16.5. The maximum absolute atomic E-state index is 5.53. The van der Waals surface area contributed by atoms with Crippen molar-refractivity contribution < 1.29 is 4.52 Å². The molecule has 0 aliphatic carbocycles. The first-order valence-electron chi connectivity index (χ1n) is 6.90. The minimum absolute atomic E-state index is 0.836. The lowest BCUT2D eigenvalue weighted by atomic mass is 9.98. The summed E-state index contributed by atoms with van der Waals surface area (Å²) in [5.41, 5.74) is 5.54. The first-order valence-corrected chi connectivity index (χ1v) is 6.90. The van der Waals surface area contributed by atoms with Crippen molar-refractivity contribution in [3.8, 4) is 22.4 Å². The summed E-state index contributed by atoms with van der Waals surface area (Å²) >= 11 is 0. The van der Waals surface area contributed by atoms with Crippen molar-refractivity contribution >= 4 is 0 Å². The third-order valence-corrected chi connectivity index (χ3v) is 3.47. The smallest absolute Gasteiger partial charge is 0.144 e. The summed E-state index contributed by atoms with van der Waals surface area (Å²) in [7, 11) is 0. The topological polar surface area (TPSA) is 26.0 Å². The highest BCUT2D eigenvalue weighted by molar-refractivity contribution is 5.82. The number of hydrogen-bond acceptors (Lipinski definition) is 2. The van der Waals surface area contributed by atoms with Gasteiger partial charge >= 0.3 is 0 Å². The molecule has 1 aromatic heterocycles. The molecule has 2 aromatic carbocycles. The molecule has 2 heteroatoms. The van der Waals surface area contributed by atoms with Gasteiger partial charge in [-0.2, -0.15) is 0 Å². The number of aryl methyl sites for hydroxylation is 2. The van der Waals surface area contributed by atoms with Gasteiger partial charge in [0, 0.05) is 12.0 Å². The van der Waals surface area contributed by atoms with Crippen LogP contribution in [0.5, 0.6) is 0 Å². The summed E-state index contributed by atoms with van der Waals surface area (Å²) in [6.45, 7) is 4.18. The van der Waals surface area contributed by atoms with E-state index in [0.29, 0.717) is 0 Å². The molecule has 0 radical (unpaired) electrons. The Morgan fingerprint density at radius 2 is 1.60 bits per heavy atom. The van der Waals surface area contributed by atoms with Gasteiger partial charge < -0.3 is 4.52 Å². The summed E-state index contributed by atoms with van der Waals surface area (Å²) in [6, 6.07) is 18.7. The van der Waals surface area contributed by atoms with Gasteiger partial charge in [-0.05, 0) is 12.5 Å². The highest BCUT2D eigenvalue weighted by Gasteiger charge is 2.17. The van der Waals surface area contributed by atoms with Crippen LogP contribution in [0, 0.1) is 6.92 Å². The van der Waals surface area contributed by atoms with E-state index in [-0.39, 0.29) is 0 Å². The quantitative estimate of drug-likeness (QED) is 0.673. The predicted molar refractivity (Wildman–Crippen MR) is 81.5 cm³/mol. The highest BCUT2D eigenvalue weighted by Crippen LogP contribution is 2.34. The van der Waals surface area contributed by atoms with Crippen LogP contribution in [0.25, 0.3) is 22.4 Å². The first kappa shape index (κ1) is 12.7. The molecular formula is C18H17NO. The van der Waals surface area contributed by atoms with Crippen LogP contribution < -0.4 is 0 Å². The van der Waals surface area contributed by atoms with Crippen molar-refractivity contribution in [3.05, 3.63) is 65.9 Å². The summed E-state index contributed by atoms with van der Waals surface area (Å²) < 4.78 is 5.53. The van der Waals surface area contributed by atoms with Crippen LogP contribution in [-0.2, 0) is 6.42 Å². The van der Waals surface area contributed by atoms with Gasteiger partial charge in [-0.25, -0.2) is 0 Å². The maximum atomic E-state index is 5.53. The second-order valence-corrected chi connectivity index (χ2v) is 4.91. The molecule has 0 unspecified atom stereocenters. The van der Waals surface area contributed by atoms with Crippen LogP contribution >= 0.6 is 0 Å². The zero-order valence-electron chi connectivity index (χ0n) is 11.8. The molecule has 0 saturated heterocycles. The van der Waals surface area contributed by atoms with E-state index in [0.717, 1.165) is 34.6 Å². The van der Waals surface area contributed by atoms with Crippen molar-refractivity contribution in [2.24, 2.45) is 0 Å². The Kier molecular flexibility index (Phi) is 3.38. The summed E-state index contributed by atoms with van der Waals surface area (Å²) in [4.78, 5) is 0. The van der Waals surface area contributed by atoms with Gasteiger partial charge in [0.15, 0.2) is 0 Å². The maximum Gasteiger partial charge on any atom is 0.144 e. The van der Waals surface area contributed by atoms with E-state index in [2.05, 4.69) is 55.4 Å². The van der Waals surface area contributed by atoms with Crippen molar-refractivity contribution in [1.29, 1.82) is 0 Å². The molecule has 2 nitrogen and oxygen atoms in total. The minimum atomic E-state index is 0.836. The Bertz CT molecular complexity index is 696. The summed E-state index contributed by atoms with van der Waals surface area (Å²) in [5.74, 6) is 0.938. The number of hydrogen-bond donors (Lipinski definition) is 0. The SMILES string of the molecule is CCc1onc(-c2ccccc2)c1-c1ccc(C)cc1. The van der Waals surface area contributed by atoms with E-state index in [9.17, 15) is 0 Å². The minimum Gasteiger partial charge on any atom is -0.360 e.